The highest BCUT2D eigenvalue weighted by Gasteiger charge is 2.27. The number of ketones is 4. The molecule has 1 amide bonds. The fourth-order valence-corrected chi connectivity index (χ4v) is 4.63. The molecule has 0 aromatic heterocycles. The number of esters is 2. The SMILES string of the molecule is C[C@H](N)C(=O)C[C@@H](CCC(=O)OCc1ccccc1)C(=O)CO.C[C@H](NC(=O)OC(C)(C)C)C(=O)C[C@@H](CCC(=O)OCc1ccccc1)C(=O)CO. The van der Waals surface area contributed by atoms with Crippen molar-refractivity contribution in [2.75, 3.05) is 13.2 Å². The predicted molar refractivity (Wildman–Crippen MR) is 194 cm³/mol. The van der Waals surface area contributed by atoms with Crippen molar-refractivity contribution in [2.24, 2.45) is 17.6 Å². The smallest absolute Gasteiger partial charge is 0.408 e. The molecule has 14 nitrogen and oxygen atoms in total. The quantitative estimate of drug-likeness (QED) is 0.106. The van der Waals surface area contributed by atoms with Gasteiger partial charge in [-0.05, 0) is 58.6 Å². The van der Waals surface area contributed by atoms with Gasteiger partial charge in [0.15, 0.2) is 17.3 Å². The van der Waals surface area contributed by atoms with Crippen LogP contribution in [-0.4, -0.2) is 82.3 Å². The molecule has 0 heterocycles. The maximum atomic E-state index is 12.4. The van der Waals surface area contributed by atoms with E-state index in [-0.39, 0.29) is 57.5 Å². The highest BCUT2D eigenvalue weighted by Crippen LogP contribution is 2.17. The van der Waals surface area contributed by atoms with E-state index in [1.54, 1.807) is 20.8 Å². The summed E-state index contributed by atoms with van der Waals surface area (Å²) in [6.07, 6.45) is -0.841. The third kappa shape index (κ3) is 20.7. The average Bonchev–Trinajstić information content (AvgIpc) is 3.12. The molecule has 0 radical (unpaired) electrons. The van der Waals surface area contributed by atoms with Crippen LogP contribution < -0.4 is 11.1 Å². The largest absolute Gasteiger partial charge is 0.461 e. The number of alkyl carbamates (subject to hydrolysis) is 1. The lowest BCUT2D eigenvalue weighted by atomic mass is 9.91. The summed E-state index contributed by atoms with van der Waals surface area (Å²) >= 11 is 0. The van der Waals surface area contributed by atoms with E-state index in [4.69, 9.17) is 25.1 Å². The van der Waals surface area contributed by atoms with Gasteiger partial charge >= 0.3 is 18.0 Å². The molecule has 0 fully saturated rings. The van der Waals surface area contributed by atoms with Gasteiger partial charge < -0.3 is 35.5 Å². The highest BCUT2D eigenvalue weighted by molar-refractivity contribution is 5.92. The first-order valence-corrected chi connectivity index (χ1v) is 17.4. The van der Waals surface area contributed by atoms with Gasteiger partial charge in [0.1, 0.15) is 37.8 Å². The minimum atomic E-state index is -0.876. The Morgan fingerprint density at radius 1 is 0.660 bits per heavy atom. The van der Waals surface area contributed by atoms with Crippen molar-refractivity contribution in [1.82, 2.24) is 5.32 Å². The zero-order valence-corrected chi connectivity index (χ0v) is 31.2. The molecule has 0 aliphatic carbocycles. The van der Waals surface area contributed by atoms with Crippen molar-refractivity contribution in [3.05, 3.63) is 71.8 Å². The minimum Gasteiger partial charge on any atom is -0.461 e. The fourth-order valence-electron chi connectivity index (χ4n) is 4.63. The van der Waals surface area contributed by atoms with Gasteiger partial charge in [-0.2, -0.15) is 0 Å². The molecule has 2 rings (SSSR count). The molecule has 0 bridgehead atoms. The molecule has 0 aliphatic rings. The van der Waals surface area contributed by atoms with Crippen molar-refractivity contribution in [1.29, 1.82) is 0 Å². The Morgan fingerprint density at radius 3 is 1.42 bits per heavy atom. The number of benzene rings is 2. The van der Waals surface area contributed by atoms with Gasteiger partial charge in [-0.25, -0.2) is 4.79 Å². The van der Waals surface area contributed by atoms with Crippen LogP contribution in [0.4, 0.5) is 4.79 Å². The van der Waals surface area contributed by atoms with E-state index in [1.165, 1.54) is 13.8 Å². The number of hydrogen-bond acceptors (Lipinski definition) is 13. The predicted octanol–water partition coefficient (Wildman–Crippen LogP) is 3.55. The van der Waals surface area contributed by atoms with Crippen LogP contribution in [0, 0.1) is 11.8 Å². The lowest BCUT2D eigenvalue weighted by molar-refractivity contribution is -0.146. The van der Waals surface area contributed by atoms with Crippen LogP contribution >= 0.6 is 0 Å². The minimum absolute atomic E-state index is 0.00940. The molecule has 4 atom stereocenters. The van der Waals surface area contributed by atoms with Gasteiger partial charge in [-0.3, -0.25) is 28.8 Å². The molecule has 14 heteroatoms. The molecule has 53 heavy (non-hydrogen) atoms. The van der Waals surface area contributed by atoms with E-state index in [2.05, 4.69) is 5.32 Å². The Bertz CT molecular complexity index is 1470. The fraction of sp³-hybridized carbons (Fsp3) is 0.513. The standard InChI is InChI=1S/C22H31NO7.C17H23NO5/c1-15(23-21(28)30-22(2,3)4)18(25)12-17(19(26)13-24)10-11-20(27)29-14-16-8-6-5-7-9-16;1-12(18)15(20)9-14(16(21)10-19)7-8-17(22)23-11-13-5-3-2-4-6-13/h5-9,15,17,24H,10-14H2,1-4H3,(H,23,28);2-6,12,14,19H,7-11,18H2,1H3/t15-,17+;12-,14+/m00/s1. The number of carbonyl (C=O) groups excluding carboxylic acids is 7. The van der Waals surface area contributed by atoms with Crippen LogP contribution in [0.15, 0.2) is 60.7 Å². The molecule has 0 saturated carbocycles. The van der Waals surface area contributed by atoms with Gasteiger partial charge in [0.05, 0.1) is 12.1 Å². The van der Waals surface area contributed by atoms with Crippen molar-refractivity contribution in [2.45, 2.75) is 104 Å². The summed E-state index contributed by atoms with van der Waals surface area (Å²) < 4.78 is 15.4. The van der Waals surface area contributed by atoms with Gasteiger partial charge in [0.2, 0.25) is 0 Å². The third-order valence-electron chi connectivity index (χ3n) is 7.72. The second kappa shape index (κ2) is 24.5. The molecular weight excluding hydrogens is 688 g/mol. The average molecular weight is 743 g/mol. The zero-order valence-electron chi connectivity index (χ0n) is 31.2. The maximum absolute atomic E-state index is 12.4. The van der Waals surface area contributed by atoms with E-state index >= 15 is 0 Å². The summed E-state index contributed by atoms with van der Waals surface area (Å²) in [7, 11) is 0. The van der Waals surface area contributed by atoms with E-state index < -0.39 is 78.1 Å². The Morgan fingerprint density at radius 2 is 1.06 bits per heavy atom. The Kier molecular flexibility index (Phi) is 21.3. The Hall–Kier alpha value is -4.79. The summed E-state index contributed by atoms with van der Waals surface area (Å²) in [5, 5.41) is 20.6. The van der Waals surface area contributed by atoms with E-state index in [1.807, 2.05) is 60.7 Å². The number of ether oxygens (including phenoxy) is 3. The monoisotopic (exact) mass is 742 g/mol. The second-order valence-electron chi connectivity index (χ2n) is 13.5. The van der Waals surface area contributed by atoms with Crippen LogP contribution in [0.3, 0.4) is 0 Å². The number of carbonyl (C=O) groups is 7. The third-order valence-corrected chi connectivity index (χ3v) is 7.72. The number of nitrogens with two attached hydrogens (primary N) is 1. The summed E-state index contributed by atoms with van der Waals surface area (Å²) in [6.45, 7) is 7.02. The number of rotatable bonds is 21. The van der Waals surface area contributed by atoms with Gasteiger partial charge in [-0.15, -0.1) is 0 Å². The number of nitrogens with one attached hydrogen (secondary N) is 1. The van der Waals surface area contributed by atoms with Gasteiger partial charge in [0.25, 0.3) is 0 Å². The van der Waals surface area contributed by atoms with E-state index in [9.17, 15) is 38.7 Å². The summed E-state index contributed by atoms with van der Waals surface area (Å²) in [4.78, 5) is 83.3. The van der Waals surface area contributed by atoms with Crippen LogP contribution in [-0.2, 0) is 56.2 Å². The molecule has 0 unspecified atom stereocenters. The van der Waals surface area contributed by atoms with Gasteiger partial charge in [-0.1, -0.05) is 60.7 Å². The van der Waals surface area contributed by atoms with Crippen LogP contribution in [0.5, 0.6) is 0 Å². The van der Waals surface area contributed by atoms with Crippen molar-refractivity contribution < 1.29 is 58.0 Å². The van der Waals surface area contributed by atoms with E-state index in [0.717, 1.165) is 11.1 Å². The first-order chi connectivity index (χ1) is 24.9. The number of hydrogen-bond donors (Lipinski definition) is 4. The Labute approximate surface area is 310 Å². The lowest BCUT2D eigenvalue weighted by Crippen LogP contribution is -2.42. The molecule has 5 N–H and O–H groups in total. The van der Waals surface area contributed by atoms with Crippen LogP contribution in [0.25, 0.3) is 0 Å². The van der Waals surface area contributed by atoms with Crippen LogP contribution in [0.2, 0.25) is 0 Å². The van der Waals surface area contributed by atoms with Gasteiger partial charge in [0, 0.05) is 37.5 Å². The summed E-state index contributed by atoms with van der Waals surface area (Å²) in [5.74, 6) is -4.16. The first kappa shape index (κ1) is 46.2. The molecule has 292 valence electrons. The number of amides is 1. The lowest BCUT2D eigenvalue weighted by Gasteiger charge is -2.22. The summed E-state index contributed by atoms with van der Waals surface area (Å²) in [5.41, 5.74) is 6.48. The molecule has 0 saturated heterocycles. The van der Waals surface area contributed by atoms with Crippen molar-refractivity contribution in [3.8, 4) is 0 Å². The molecule has 2 aromatic rings. The Balaban J connectivity index is 0.000000549. The van der Waals surface area contributed by atoms with Crippen molar-refractivity contribution >= 4 is 41.2 Å². The maximum Gasteiger partial charge on any atom is 0.408 e. The highest BCUT2D eigenvalue weighted by atomic mass is 16.6. The van der Waals surface area contributed by atoms with E-state index in [0.29, 0.717) is 0 Å². The molecule has 0 spiro atoms. The topological polar surface area (TPSA) is 226 Å². The summed E-state index contributed by atoms with van der Waals surface area (Å²) in [6, 6.07) is 16.8. The van der Waals surface area contributed by atoms with Crippen molar-refractivity contribution in [3.63, 3.8) is 0 Å². The number of aliphatic hydroxyl groups excluding tert-OH is 2. The van der Waals surface area contributed by atoms with Crippen LogP contribution in [0.1, 0.15) is 84.3 Å². The molecule has 0 aliphatic heterocycles. The number of Topliss-reactive ketones (excluding diaryl/α,β-unsaturated/α-hetero) is 4. The normalized spacial score (nSPS) is 13.1. The number of aliphatic hydroxyl groups is 2. The molecular formula is C39H54N2O12. The second-order valence-corrected chi connectivity index (χ2v) is 13.5. The molecule has 2 aromatic carbocycles. The first-order valence-electron chi connectivity index (χ1n) is 17.4. The zero-order chi connectivity index (χ0) is 40.0.